The van der Waals surface area contributed by atoms with Crippen LogP contribution in [0.4, 0.5) is 5.69 Å². The molecule has 122 valence electrons. The maximum atomic E-state index is 5.74. The van der Waals surface area contributed by atoms with Crippen LogP contribution >= 0.6 is 0 Å². The van der Waals surface area contributed by atoms with E-state index >= 15 is 0 Å². The molecule has 0 amide bonds. The van der Waals surface area contributed by atoms with Crippen LogP contribution in [0.25, 0.3) is 5.76 Å². The highest BCUT2D eigenvalue weighted by atomic mass is 16.5. The van der Waals surface area contributed by atoms with Crippen molar-refractivity contribution in [2.45, 2.75) is 34.6 Å². The van der Waals surface area contributed by atoms with Gasteiger partial charge < -0.3 is 19.9 Å². The minimum atomic E-state index is 0.479. The lowest BCUT2D eigenvalue weighted by atomic mass is 10.1. The Labute approximate surface area is 129 Å². The molecule has 0 radical (unpaired) electrons. The molecule has 0 bridgehead atoms. The summed E-state index contributed by atoms with van der Waals surface area (Å²) in [6, 6.07) is 5.38. The largest absolute Gasteiger partial charge is 0.494 e. The lowest BCUT2D eigenvalue weighted by Gasteiger charge is -2.14. The third kappa shape index (κ3) is 8.97. The van der Waals surface area contributed by atoms with Crippen molar-refractivity contribution in [1.29, 1.82) is 0 Å². The second kappa shape index (κ2) is 14.7. The van der Waals surface area contributed by atoms with Crippen LogP contribution in [-0.2, 0) is 9.47 Å². The predicted octanol–water partition coefficient (Wildman–Crippen LogP) is 4.35. The number of hydrogen-bond donors (Lipinski definition) is 1. The number of benzene rings is 1. The van der Waals surface area contributed by atoms with Crippen LogP contribution in [0.3, 0.4) is 0 Å². The van der Waals surface area contributed by atoms with Crippen molar-refractivity contribution < 1.29 is 14.2 Å². The van der Waals surface area contributed by atoms with Gasteiger partial charge >= 0.3 is 0 Å². The van der Waals surface area contributed by atoms with Gasteiger partial charge in [0.25, 0.3) is 0 Å². The molecule has 1 aromatic carbocycles. The van der Waals surface area contributed by atoms with E-state index in [4.69, 9.17) is 19.9 Å². The maximum Gasteiger partial charge on any atom is 0.130 e. The molecule has 0 heterocycles. The second-order valence-electron chi connectivity index (χ2n) is 3.45. The molecule has 0 unspecified atom stereocenters. The van der Waals surface area contributed by atoms with Gasteiger partial charge in [-0.3, -0.25) is 0 Å². The van der Waals surface area contributed by atoms with Crippen LogP contribution in [0.1, 0.15) is 40.2 Å². The van der Waals surface area contributed by atoms with Gasteiger partial charge in [0, 0.05) is 12.8 Å². The van der Waals surface area contributed by atoms with E-state index in [0.29, 0.717) is 37.0 Å². The zero-order chi connectivity index (χ0) is 16.7. The summed E-state index contributed by atoms with van der Waals surface area (Å²) in [5.74, 6) is 1.27. The summed E-state index contributed by atoms with van der Waals surface area (Å²) < 4.78 is 15.9. The molecule has 0 saturated heterocycles. The fourth-order valence-corrected chi connectivity index (χ4v) is 1.38. The summed E-state index contributed by atoms with van der Waals surface area (Å²) in [4.78, 5) is 0. The van der Waals surface area contributed by atoms with E-state index in [2.05, 4.69) is 6.58 Å². The number of anilines is 1. The van der Waals surface area contributed by atoms with E-state index in [1.165, 1.54) is 0 Å². The first kappa shape index (κ1) is 21.6. The van der Waals surface area contributed by atoms with Gasteiger partial charge in [-0.25, -0.2) is 0 Å². The topological polar surface area (TPSA) is 53.7 Å². The van der Waals surface area contributed by atoms with Gasteiger partial charge in [0.1, 0.15) is 18.1 Å². The Hall–Kier alpha value is -1.68. The molecule has 0 spiro atoms. The van der Waals surface area contributed by atoms with Gasteiger partial charge in [0.2, 0.25) is 0 Å². The highest BCUT2D eigenvalue weighted by Crippen LogP contribution is 2.28. The minimum Gasteiger partial charge on any atom is -0.494 e. The van der Waals surface area contributed by atoms with Crippen molar-refractivity contribution in [1.82, 2.24) is 0 Å². The van der Waals surface area contributed by atoms with Crippen LogP contribution in [0.5, 0.6) is 5.75 Å². The summed E-state index contributed by atoms with van der Waals surface area (Å²) >= 11 is 0. The van der Waals surface area contributed by atoms with E-state index < -0.39 is 0 Å². The fraction of sp³-hybridized carbons (Fsp3) is 0.529. The van der Waals surface area contributed by atoms with Crippen molar-refractivity contribution in [3.05, 3.63) is 30.3 Å². The molecule has 0 saturated carbocycles. The fourth-order valence-electron chi connectivity index (χ4n) is 1.38. The average Bonchev–Trinajstić information content (AvgIpc) is 2.53. The molecule has 0 aliphatic carbocycles. The Kier molecular flexibility index (Phi) is 15.2. The molecule has 4 heteroatoms. The van der Waals surface area contributed by atoms with Crippen molar-refractivity contribution in [2.24, 2.45) is 0 Å². The van der Waals surface area contributed by atoms with E-state index in [1.54, 1.807) is 19.2 Å². The number of nitrogens with two attached hydrogens (primary N) is 1. The van der Waals surface area contributed by atoms with E-state index in [1.807, 2.05) is 40.7 Å². The zero-order valence-electron chi connectivity index (χ0n) is 14.4. The molecule has 1 rings (SSSR count). The highest BCUT2D eigenvalue weighted by molar-refractivity contribution is 5.67. The summed E-state index contributed by atoms with van der Waals surface area (Å²) in [6.45, 7) is 15.3. The number of methoxy groups -OCH3 is 1. The number of rotatable bonds is 7. The van der Waals surface area contributed by atoms with Crippen molar-refractivity contribution >= 4 is 11.4 Å². The van der Waals surface area contributed by atoms with Crippen LogP contribution < -0.4 is 10.5 Å². The molecular weight excluding hydrogens is 266 g/mol. The second-order valence-corrected chi connectivity index (χ2v) is 3.45. The molecule has 2 N–H and O–H groups in total. The molecule has 1 aromatic rings. The third-order valence-corrected chi connectivity index (χ3v) is 2.17. The lowest BCUT2D eigenvalue weighted by Crippen LogP contribution is -2.06. The number of hydrogen-bond acceptors (Lipinski definition) is 4. The Morgan fingerprint density at radius 1 is 1.14 bits per heavy atom. The monoisotopic (exact) mass is 297 g/mol. The SMILES string of the molecule is C=C(OCC)c1cc(N)ccc1OCCOC.CC.CC. The van der Waals surface area contributed by atoms with Crippen LogP contribution in [0, 0.1) is 0 Å². The van der Waals surface area contributed by atoms with Gasteiger partial charge in [-0.1, -0.05) is 34.3 Å². The van der Waals surface area contributed by atoms with Gasteiger partial charge in [-0.15, -0.1) is 0 Å². The summed E-state index contributed by atoms with van der Waals surface area (Å²) in [6.07, 6.45) is 0. The van der Waals surface area contributed by atoms with Crippen LogP contribution in [0.15, 0.2) is 24.8 Å². The molecule has 0 aliphatic rings. The first-order chi connectivity index (χ1) is 10.2. The molecule has 21 heavy (non-hydrogen) atoms. The van der Waals surface area contributed by atoms with Crippen LogP contribution in [0.2, 0.25) is 0 Å². The molecule has 0 aromatic heterocycles. The van der Waals surface area contributed by atoms with E-state index in [9.17, 15) is 0 Å². The Balaban J connectivity index is 0. The normalized spacial score (nSPS) is 8.67. The highest BCUT2D eigenvalue weighted by Gasteiger charge is 2.08. The van der Waals surface area contributed by atoms with Crippen molar-refractivity contribution in [3.63, 3.8) is 0 Å². The van der Waals surface area contributed by atoms with Gasteiger partial charge in [0.05, 0.1) is 18.8 Å². The summed E-state index contributed by atoms with van der Waals surface area (Å²) in [5.41, 5.74) is 7.17. The average molecular weight is 297 g/mol. The molecule has 0 aliphatic heterocycles. The Morgan fingerprint density at radius 3 is 2.29 bits per heavy atom. The summed E-state index contributed by atoms with van der Waals surface area (Å²) in [7, 11) is 1.63. The van der Waals surface area contributed by atoms with Crippen LogP contribution in [-0.4, -0.2) is 26.9 Å². The molecule has 0 atom stereocenters. The number of nitrogen functional groups attached to an aromatic ring is 1. The van der Waals surface area contributed by atoms with Crippen molar-refractivity contribution in [2.75, 3.05) is 32.7 Å². The maximum absolute atomic E-state index is 5.74. The quantitative estimate of drug-likeness (QED) is 0.462. The lowest BCUT2D eigenvalue weighted by molar-refractivity contribution is 0.146. The first-order valence-corrected chi connectivity index (χ1v) is 7.52. The van der Waals surface area contributed by atoms with Gasteiger partial charge in [-0.2, -0.15) is 0 Å². The smallest absolute Gasteiger partial charge is 0.130 e. The summed E-state index contributed by atoms with van der Waals surface area (Å²) in [5, 5.41) is 0. The standard InChI is InChI=1S/C13H19NO3.2C2H6/c1-4-16-10(2)12-9-11(14)5-6-13(12)17-8-7-15-3;2*1-2/h5-6,9H,2,4,7-8,14H2,1,3H3;2*1-2H3. The van der Waals surface area contributed by atoms with Gasteiger partial charge in [0.15, 0.2) is 0 Å². The Morgan fingerprint density at radius 2 is 1.76 bits per heavy atom. The number of ether oxygens (including phenoxy) is 3. The third-order valence-electron chi connectivity index (χ3n) is 2.17. The minimum absolute atomic E-state index is 0.479. The predicted molar refractivity (Wildman–Crippen MR) is 91.6 cm³/mol. The van der Waals surface area contributed by atoms with Gasteiger partial charge in [-0.05, 0) is 25.1 Å². The molecule has 0 fully saturated rings. The molecule has 4 nitrogen and oxygen atoms in total. The van der Waals surface area contributed by atoms with E-state index in [0.717, 1.165) is 5.56 Å². The van der Waals surface area contributed by atoms with E-state index in [-0.39, 0.29) is 0 Å². The molecular formula is C17H31NO3. The zero-order valence-corrected chi connectivity index (χ0v) is 14.4. The first-order valence-electron chi connectivity index (χ1n) is 7.52. The van der Waals surface area contributed by atoms with Crippen molar-refractivity contribution in [3.8, 4) is 5.75 Å². The Bertz CT molecular complexity index is 378.